The summed E-state index contributed by atoms with van der Waals surface area (Å²) in [5, 5.41) is 4.05. The molecule has 0 radical (unpaired) electrons. The van der Waals surface area contributed by atoms with E-state index in [0.717, 1.165) is 18.4 Å². The number of carbonyl (C=O) groups excluding carboxylic acids is 1. The maximum absolute atomic E-state index is 12.0. The lowest BCUT2D eigenvalue weighted by molar-refractivity contribution is -0.118. The van der Waals surface area contributed by atoms with Gasteiger partial charge in [0.05, 0.1) is 17.9 Å². The fraction of sp³-hybridized carbons (Fsp3) is 0.444. The summed E-state index contributed by atoms with van der Waals surface area (Å²) in [4.78, 5) is 18.1. The lowest BCUT2D eigenvalue weighted by atomic mass is 9.94. The number of nitrogens with zero attached hydrogens (tertiary/aromatic N) is 1. The Morgan fingerprint density at radius 1 is 1.30 bits per heavy atom. The van der Waals surface area contributed by atoms with Gasteiger partial charge in [-0.25, -0.2) is 0 Å². The minimum Gasteiger partial charge on any atom is -0.383 e. The molecule has 122 valence electrons. The number of para-hydroxylation sites is 1. The summed E-state index contributed by atoms with van der Waals surface area (Å²) in [6, 6.07) is 8.24. The summed E-state index contributed by atoms with van der Waals surface area (Å²) in [5.41, 5.74) is 3.61. The van der Waals surface area contributed by atoms with Gasteiger partial charge in [0.2, 0.25) is 5.91 Å². The molecular weight excluding hydrogens is 308 g/mol. The zero-order valence-electron chi connectivity index (χ0n) is 13.4. The molecule has 1 heterocycles. The van der Waals surface area contributed by atoms with Crippen LogP contribution in [0.15, 0.2) is 29.2 Å². The van der Waals surface area contributed by atoms with E-state index in [4.69, 9.17) is 9.72 Å². The molecule has 3 rings (SSSR count). The predicted molar refractivity (Wildman–Crippen MR) is 94.0 cm³/mol. The van der Waals surface area contributed by atoms with Crippen LogP contribution in [0.3, 0.4) is 0 Å². The van der Waals surface area contributed by atoms with Crippen LogP contribution in [-0.4, -0.2) is 36.9 Å². The normalized spacial score (nSPS) is 13.8. The third-order valence-corrected chi connectivity index (χ3v) is 5.25. The minimum atomic E-state index is 0.0532. The van der Waals surface area contributed by atoms with E-state index in [0.29, 0.717) is 18.9 Å². The van der Waals surface area contributed by atoms with E-state index in [1.165, 1.54) is 34.4 Å². The van der Waals surface area contributed by atoms with Crippen molar-refractivity contribution in [1.29, 1.82) is 0 Å². The van der Waals surface area contributed by atoms with Crippen molar-refractivity contribution in [2.24, 2.45) is 0 Å². The molecule has 1 aliphatic carbocycles. The average molecular weight is 330 g/mol. The number of fused-ring (bicyclic) bond motifs is 2. The number of aromatic nitrogens is 1. The van der Waals surface area contributed by atoms with Crippen LogP contribution in [0.4, 0.5) is 0 Å². The highest BCUT2D eigenvalue weighted by Gasteiger charge is 2.19. The van der Waals surface area contributed by atoms with E-state index in [1.807, 2.05) is 12.1 Å². The second kappa shape index (κ2) is 7.79. The molecule has 1 aromatic carbocycles. The first-order valence-electron chi connectivity index (χ1n) is 8.08. The third-order valence-electron chi connectivity index (χ3n) is 4.09. The lowest BCUT2D eigenvalue weighted by Crippen LogP contribution is -2.28. The van der Waals surface area contributed by atoms with Crippen molar-refractivity contribution in [3.63, 3.8) is 0 Å². The molecule has 1 N–H and O–H groups in total. The number of rotatable bonds is 6. The van der Waals surface area contributed by atoms with Crippen LogP contribution in [0.2, 0.25) is 0 Å². The number of hydrogen-bond donors (Lipinski definition) is 1. The largest absolute Gasteiger partial charge is 0.383 e. The molecule has 0 bridgehead atoms. The molecule has 23 heavy (non-hydrogen) atoms. The maximum atomic E-state index is 12.0. The zero-order chi connectivity index (χ0) is 16.1. The second-order valence-corrected chi connectivity index (χ2v) is 6.71. The summed E-state index contributed by atoms with van der Waals surface area (Å²) in [7, 11) is 1.64. The summed E-state index contributed by atoms with van der Waals surface area (Å²) < 4.78 is 4.96. The van der Waals surface area contributed by atoms with Gasteiger partial charge in [-0.2, -0.15) is 0 Å². The Morgan fingerprint density at radius 2 is 2.13 bits per heavy atom. The highest BCUT2D eigenvalue weighted by Crippen LogP contribution is 2.35. The van der Waals surface area contributed by atoms with Gasteiger partial charge in [-0.1, -0.05) is 18.2 Å². The topological polar surface area (TPSA) is 51.2 Å². The summed E-state index contributed by atoms with van der Waals surface area (Å²) in [5.74, 6) is 0.488. The maximum Gasteiger partial charge on any atom is 0.230 e. The van der Waals surface area contributed by atoms with Crippen molar-refractivity contribution < 1.29 is 9.53 Å². The van der Waals surface area contributed by atoms with Gasteiger partial charge in [-0.15, -0.1) is 11.8 Å². The first-order valence-corrected chi connectivity index (χ1v) is 9.07. The van der Waals surface area contributed by atoms with Crippen molar-refractivity contribution >= 4 is 28.6 Å². The number of thioether (sulfide) groups is 1. The van der Waals surface area contributed by atoms with E-state index in [2.05, 4.69) is 17.4 Å². The highest BCUT2D eigenvalue weighted by atomic mass is 32.2. The summed E-state index contributed by atoms with van der Waals surface area (Å²) in [6.45, 7) is 1.11. The van der Waals surface area contributed by atoms with Crippen LogP contribution in [-0.2, 0) is 22.4 Å². The minimum absolute atomic E-state index is 0.0532. The Balaban J connectivity index is 1.82. The lowest BCUT2D eigenvalue weighted by Gasteiger charge is -2.20. The predicted octanol–water partition coefficient (Wildman–Crippen LogP) is 2.97. The van der Waals surface area contributed by atoms with E-state index in [-0.39, 0.29) is 5.91 Å². The van der Waals surface area contributed by atoms with Crippen LogP contribution in [0.1, 0.15) is 24.1 Å². The smallest absolute Gasteiger partial charge is 0.230 e. The Bertz CT molecular complexity index is 703. The van der Waals surface area contributed by atoms with Gasteiger partial charge in [-0.05, 0) is 37.3 Å². The third kappa shape index (κ3) is 3.85. The van der Waals surface area contributed by atoms with Crippen LogP contribution < -0.4 is 5.32 Å². The molecule has 0 saturated carbocycles. The van der Waals surface area contributed by atoms with Crippen molar-refractivity contribution in [2.75, 3.05) is 26.0 Å². The molecule has 2 aromatic rings. The van der Waals surface area contributed by atoms with E-state index < -0.39 is 0 Å². The average Bonchev–Trinajstić information content (AvgIpc) is 2.59. The van der Waals surface area contributed by atoms with Crippen molar-refractivity contribution in [3.8, 4) is 0 Å². The molecule has 0 spiro atoms. The standard InChI is InChI=1S/C18H22N2O2S/c1-22-11-10-19-17(21)12-23-18-13-6-2-4-8-15(13)20-16-9-5-3-7-14(16)18/h2,4,6,8H,3,5,7,9-12H2,1H3,(H,19,21). The number of hydrogen-bond acceptors (Lipinski definition) is 4. The van der Waals surface area contributed by atoms with Crippen LogP contribution in [0.25, 0.3) is 10.9 Å². The Morgan fingerprint density at radius 3 is 3.00 bits per heavy atom. The number of carbonyl (C=O) groups is 1. The number of aryl methyl sites for hydroxylation is 1. The quantitative estimate of drug-likeness (QED) is 0.653. The fourth-order valence-electron chi connectivity index (χ4n) is 2.97. The van der Waals surface area contributed by atoms with Crippen molar-refractivity contribution in [2.45, 2.75) is 30.6 Å². The molecular formula is C18H22N2O2S. The monoisotopic (exact) mass is 330 g/mol. The summed E-state index contributed by atoms with van der Waals surface area (Å²) in [6.07, 6.45) is 4.54. The molecule has 0 fully saturated rings. The number of methoxy groups -OCH3 is 1. The van der Waals surface area contributed by atoms with Gasteiger partial charge in [0, 0.05) is 29.6 Å². The fourth-order valence-corrected chi connectivity index (χ4v) is 4.07. The van der Waals surface area contributed by atoms with Crippen molar-refractivity contribution in [1.82, 2.24) is 10.3 Å². The molecule has 4 nitrogen and oxygen atoms in total. The molecule has 0 unspecified atom stereocenters. The highest BCUT2D eigenvalue weighted by molar-refractivity contribution is 8.00. The van der Waals surface area contributed by atoms with Gasteiger partial charge in [-0.3, -0.25) is 9.78 Å². The van der Waals surface area contributed by atoms with Gasteiger partial charge in [0.15, 0.2) is 0 Å². The molecule has 0 atom stereocenters. The van der Waals surface area contributed by atoms with E-state index in [1.54, 1.807) is 18.9 Å². The molecule has 1 amide bonds. The van der Waals surface area contributed by atoms with Crippen LogP contribution in [0.5, 0.6) is 0 Å². The SMILES string of the molecule is COCCNC(=O)CSc1c2c(nc3ccccc13)CCCC2. The van der Waals surface area contributed by atoms with Crippen LogP contribution >= 0.6 is 11.8 Å². The molecule has 5 heteroatoms. The second-order valence-electron chi connectivity index (χ2n) is 5.72. The molecule has 1 aromatic heterocycles. The first kappa shape index (κ1) is 16.3. The van der Waals surface area contributed by atoms with E-state index >= 15 is 0 Å². The Labute approximate surface area is 141 Å². The zero-order valence-corrected chi connectivity index (χ0v) is 14.2. The van der Waals surface area contributed by atoms with Crippen molar-refractivity contribution in [3.05, 3.63) is 35.5 Å². The Hall–Kier alpha value is -1.59. The number of ether oxygens (including phenoxy) is 1. The first-order chi connectivity index (χ1) is 11.3. The van der Waals surface area contributed by atoms with Gasteiger partial charge >= 0.3 is 0 Å². The molecule has 0 aliphatic heterocycles. The summed E-state index contributed by atoms with van der Waals surface area (Å²) >= 11 is 1.64. The Kier molecular flexibility index (Phi) is 5.51. The molecule has 0 saturated heterocycles. The number of nitrogens with one attached hydrogen (secondary N) is 1. The van der Waals surface area contributed by atoms with E-state index in [9.17, 15) is 4.79 Å². The number of benzene rings is 1. The molecule has 1 aliphatic rings. The van der Waals surface area contributed by atoms with Gasteiger partial charge in [0.25, 0.3) is 0 Å². The van der Waals surface area contributed by atoms with Gasteiger partial charge < -0.3 is 10.1 Å². The number of pyridine rings is 1. The van der Waals surface area contributed by atoms with Gasteiger partial charge in [0.1, 0.15) is 0 Å². The van der Waals surface area contributed by atoms with Crippen LogP contribution in [0, 0.1) is 0 Å². The number of amides is 1.